The van der Waals surface area contributed by atoms with E-state index in [1.807, 2.05) is 13.8 Å². The summed E-state index contributed by atoms with van der Waals surface area (Å²) in [4.78, 5) is 22.3. The molecule has 0 aliphatic carbocycles. The molecule has 0 bridgehead atoms. The zero-order chi connectivity index (χ0) is 15.4. The van der Waals surface area contributed by atoms with Crippen LogP contribution in [0.1, 0.15) is 13.8 Å². The first-order valence-electron chi connectivity index (χ1n) is 6.90. The molecule has 1 aliphatic heterocycles. The van der Waals surface area contributed by atoms with Gasteiger partial charge in [-0.15, -0.1) is 0 Å². The third-order valence-electron chi connectivity index (χ3n) is 3.27. The third kappa shape index (κ3) is 4.18. The summed E-state index contributed by atoms with van der Waals surface area (Å²) in [5.41, 5.74) is 5.57. The Morgan fingerprint density at radius 3 is 2.67 bits per heavy atom. The van der Waals surface area contributed by atoms with Gasteiger partial charge in [0.15, 0.2) is 0 Å². The van der Waals surface area contributed by atoms with E-state index in [4.69, 9.17) is 22.1 Å². The Morgan fingerprint density at radius 1 is 1.43 bits per heavy atom. The molecule has 1 fully saturated rings. The van der Waals surface area contributed by atoms with Crippen LogP contribution in [0.4, 0.5) is 11.8 Å². The molecule has 0 aromatic carbocycles. The van der Waals surface area contributed by atoms with Crippen LogP contribution < -0.4 is 11.1 Å². The molecule has 1 aromatic heterocycles. The van der Waals surface area contributed by atoms with Gasteiger partial charge in [-0.25, -0.2) is 4.98 Å². The number of rotatable bonds is 4. The zero-order valence-corrected chi connectivity index (χ0v) is 12.9. The molecule has 0 radical (unpaired) electrons. The normalized spacial score (nSPS) is 16.9. The van der Waals surface area contributed by atoms with Crippen molar-refractivity contribution in [3.63, 3.8) is 0 Å². The van der Waals surface area contributed by atoms with E-state index in [0.29, 0.717) is 32.1 Å². The van der Waals surface area contributed by atoms with Gasteiger partial charge < -0.3 is 20.7 Å². The van der Waals surface area contributed by atoms with E-state index >= 15 is 0 Å². The van der Waals surface area contributed by atoms with Gasteiger partial charge in [-0.2, -0.15) is 4.98 Å². The Bertz CT molecular complexity index is 485. The lowest BCUT2D eigenvalue weighted by Gasteiger charge is -2.32. The number of aromatic nitrogens is 2. The SMILES string of the molecule is CC(C)C(Nc1cc(Cl)nc(N)n1)C(=O)N1CCOCC1. The number of nitrogens with one attached hydrogen (secondary N) is 1. The maximum absolute atomic E-state index is 12.6. The van der Waals surface area contributed by atoms with Crippen LogP contribution in [-0.2, 0) is 9.53 Å². The predicted octanol–water partition coefficient (Wildman–Crippen LogP) is 1.01. The lowest BCUT2D eigenvalue weighted by molar-refractivity contribution is -0.137. The molecule has 3 N–H and O–H groups in total. The van der Waals surface area contributed by atoms with Crippen molar-refractivity contribution in [1.82, 2.24) is 14.9 Å². The molecule has 7 nitrogen and oxygen atoms in total. The number of hydrogen-bond donors (Lipinski definition) is 2. The molecule has 1 atom stereocenters. The first-order chi connectivity index (χ1) is 9.97. The molecule has 0 saturated carbocycles. The number of morpholine rings is 1. The Labute approximate surface area is 128 Å². The zero-order valence-electron chi connectivity index (χ0n) is 12.2. The lowest BCUT2D eigenvalue weighted by Crippen LogP contribution is -2.49. The highest BCUT2D eigenvalue weighted by Gasteiger charge is 2.28. The molecule has 116 valence electrons. The quantitative estimate of drug-likeness (QED) is 0.806. The van der Waals surface area contributed by atoms with Crippen molar-refractivity contribution >= 4 is 29.3 Å². The highest BCUT2D eigenvalue weighted by molar-refractivity contribution is 6.29. The van der Waals surface area contributed by atoms with E-state index in [1.54, 1.807) is 11.0 Å². The Balaban J connectivity index is 2.12. The van der Waals surface area contributed by atoms with Crippen molar-refractivity contribution in [3.05, 3.63) is 11.2 Å². The highest BCUT2D eigenvalue weighted by Crippen LogP contribution is 2.17. The van der Waals surface area contributed by atoms with Crippen LogP contribution in [0.15, 0.2) is 6.07 Å². The summed E-state index contributed by atoms with van der Waals surface area (Å²) in [6.45, 7) is 6.31. The Hall–Kier alpha value is -1.60. The van der Waals surface area contributed by atoms with Crippen LogP contribution in [0.3, 0.4) is 0 Å². The minimum atomic E-state index is -0.395. The number of nitrogens with two attached hydrogens (primary N) is 1. The van der Waals surface area contributed by atoms with Crippen LogP contribution in [0.25, 0.3) is 0 Å². The van der Waals surface area contributed by atoms with Gasteiger partial charge in [-0.3, -0.25) is 4.79 Å². The van der Waals surface area contributed by atoms with Gasteiger partial charge in [0.25, 0.3) is 0 Å². The Kier molecular flexibility index (Phi) is 5.19. The number of amides is 1. The van der Waals surface area contributed by atoms with Gasteiger partial charge in [0.2, 0.25) is 11.9 Å². The fourth-order valence-corrected chi connectivity index (χ4v) is 2.35. The number of hydrogen-bond acceptors (Lipinski definition) is 6. The first-order valence-corrected chi connectivity index (χ1v) is 7.28. The summed E-state index contributed by atoms with van der Waals surface area (Å²) in [5.74, 6) is 0.649. The van der Waals surface area contributed by atoms with Crippen LogP contribution in [0, 0.1) is 5.92 Å². The van der Waals surface area contributed by atoms with Crippen molar-refractivity contribution in [1.29, 1.82) is 0 Å². The molecule has 2 rings (SSSR count). The molecule has 2 heterocycles. The van der Waals surface area contributed by atoms with Crippen LogP contribution in [-0.4, -0.2) is 53.1 Å². The topological polar surface area (TPSA) is 93.4 Å². The van der Waals surface area contributed by atoms with Crippen molar-refractivity contribution < 1.29 is 9.53 Å². The summed E-state index contributed by atoms with van der Waals surface area (Å²) in [6.07, 6.45) is 0. The number of anilines is 2. The lowest BCUT2D eigenvalue weighted by atomic mass is 10.0. The monoisotopic (exact) mass is 313 g/mol. The second-order valence-corrected chi connectivity index (χ2v) is 5.63. The smallest absolute Gasteiger partial charge is 0.245 e. The summed E-state index contributed by atoms with van der Waals surface area (Å²) in [7, 11) is 0. The molecule has 1 saturated heterocycles. The fourth-order valence-electron chi connectivity index (χ4n) is 2.16. The molecule has 1 aromatic rings. The second-order valence-electron chi connectivity index (χ2n) is 5.24. The Morgan fingerprint density at radius 2 is 2.10 bits per heavy atom. The van der Waals surface area contributed by atoms with Crippen LogP contribution in [0.5, 0.6) is 0 Å². The second kappa shape index (κ2) is 6.91. The molecule has 1 aliphatic rings. The van der Waals surface area contributed by atoms with Gasteiger partial charge in [-0.05, 0) is 5.92 Å². The fraction of sp³-hybridized carbons (Fsp3) is 0.615. The number of nitrogen functional groups attached to an aromatic ring is 1. The van der Waals surface area contributed by atoms with E-state index in [9.17, 15) is 4.79 Å². The van der Waals surface area contributed by atoms with Gasteiger partial charge in [0.1, 0.15) is 17.0 Å². The average molecular weight is 314 g/mol. The number of ether oxygens (including phenoxy) is 1. The minimum absolute atomic E-state index is 0.0293. The standard InChI is InChI=1S/C13H20ClN5O2/c1-8(2)11(12(20)19-3-5-21-6-4-19)17-10-7-9(14)16-13(15)18-10/h7-8,11H,3-6H2,1-2H3,(H3,15,16,17,18). The van der Waals surface area contributed by atoms with E-state index in [2.05, 4.69) is 15.3 Å². The highest BCUT2D eigenvalue weighted by atomic mass is 35.5. The van der Waals surface area contributed by atoms with Crippen LogP contribution in [0.2, 0.25) is 5.15 Å². The predicted molar refractivity (Wildman–Crippen MR) is 81.1 cm³/mol. The number of halogens is 1. The third-order valence-corrected chi connectivity index (χ3v) is 3.46. The van der Waals surface area contributed by atoms with E-state index in [1.165, 1.54) is 0 Å². The maximum Gasteiger partial charge on any atom is 0.245 e. The summed E-state index contributed by atoms with van der Waals surface area (Å²) < 4.78 is 5.27. The van der Waals surface area contributed by atoms with Crippen molar-refractivity contribution in [3.8, 4) is 0 Å². The average Bonchev–Trinajstić information content (AvgIpc) is 2.43. The molecule has 21 heavy (non-hydrogen) atoms. The largest absolute Gasteiger partial charge is 0.378 e. The number of carbonyl (C=O) groups excluding carboxylic acids is 1. The van der Waals surface area contributed by atoms with Crippen molar-refractivity contribution in [2.24, 2.45) is 5.92 Å². The van der Waals surface area contributed by atoms with Gasteiger partial charge in [0.05, 0.1) is 13.2 Å². The molecule has 0 spiro atoms. The van der Waals surface area contributed by atoms with Gasteiger partial charge in [-0.1, -0.05) is 25.4 Å². The van der Waals surface area contributed by atoms with Crippen molar-refractivity contribution in [2.45, 2.75) is 19.9 Å². The number of nitrogens with zero attached hydrogens (tertiary/aromatic N) is 3. The first kappa shape index (κ1) is 15.8. The minimum Gasteiger partial charge on any atom is -0.378 e. The van der Waals surface area contributed by atoms with Gasteiger partial charge >= 0.3 is 0 Å². The summed E-state index contributed by atoms with van der Waals surface area (Å²) >= 11 is 5.86. The molecule has 1 unspecified atom stereocenters. The molecule has 8 heteroatoms. The maximum atomic E-state index is 12.6. The van der Waals surface area contributed by atoms with E-state index in [-0.39, 0.29) is 22.9 Å². The summed E-state index contributed by atoms with van der Waals surface area (Å²) in [5, 5.41) is 3.35. The molecular weight excluding hydrogens is 294 g/mol. The number of carbonyl (C=O) groups is 1. The van der Waals surface area contributed by atoms with Crippen LogP contribution >= 0.6 is 11.6 Å². The van der Waals surface area contributed by atoms with Crippen molar-refractivity contribution in [2.75, 3.05) is 37.4 Å². The molecular formula is C13H20ClN5O2. The van der Waals surface area contributed by atoms with Gasteiger partial charge in [0, 0.05) is 19.2 Å². The van der Waals surface area contributed by atoms with E-state index in [0.717, 1.165) is 0 Å². The van der Waals surface area contributed by atoms with E-state index < -0.39 is 6.04 Å². The molecule has 1 amide bonds. The summed E-state index contributed by atoms with van der Waals surface area (Å²) in [6, 6.07) is 1.16.